The van der Waals surface area contributed by atoms with Gasteiger partial charge in [-0.25, -0.2) is 11.0 Å². The van der Waals surface area contributed by atoms with Crippen LogP contribution in [0.1, 0.15) is 38.3 Å². The highest BCUT2D eigenvalue weighted by atomic mass is 19.4. The molecule has 0 aliphatic rings. The number of hydrogen-bond acceptors (Lipinski definition) is 5. The Balaban J connectivity index is 2.66. The van der Waals surface area contributed by atoms with Gasteiger partial charge < -0.3 is 16.0 Å². The summed E-state index contributed by atoms with van der Waals surface area (Å²) in [7, 11) is 2.35. The van der Waals surface area contributed by atoms with Crippen molar-refractivity contribution in [3.8, 4) is 0 Å². The zero-order valence-electron chi connectivity index (χ0n) is 19.1. The maximum absolute atomic E-state index is 13.3. The van der Waals surface area contributed by atoms with E-state index >= 15 is 0 Å². The van der Waals surface area contributed by atoms with Crippen LogP contribution < -0.4 is 16.9 Å². The Morgan fingerprint density at radius 2 is 1.43 bits per heavy atom. The number of carbonyl (C=O) groups is 1. The maximum Gasteiger partial charge on any atom is 0.417 e. The second-order valence-corrected chi connectivity index (χ2v) is 7.61. The maximum atomic E-state index is 13.3. The summed E-state index contributed by atoms with van der Waals surface area (Å²) in [5.74, 6) is 3.88. The number of amides is 1. The normalized spacial score (nSPS) is 12.9. The molecule has 0 saturated carbocycles. The van der Waals surface area contributed by atoms with Gasteiger partial charge in [0, 0.05) is 38.9 Å². The second kappa shape index (κ2) is 10.7. The van der Waals surface area contributed by atoms with Crippen molar-refractivity contribution in [2.24, 2.45) is 16.7 Å². The van der Waals surface area contributed by atoms with Crippen molar-refractivity contribution in [3.63, 3.8) is 0 Å². The van der Waals surface area contributed by atoms with Crippen LogP contribution in [-0.4, -0.2) is 41.0 Å². The molecule has 1 aromatic carbocycles. The first-order valence-corrected chi connectivity index (χ1v) is 9.97. The van der Waals surface area contributed by atoms with Crippen LogP contribution in [0.5, 0.6) is 0 Å². The van der Waals surface area contributed by atoms with Crippen molar-refractivity contribution < 1.29 is 44.3 Å². The number of hydrogen-bond donors (Lipinski definition) is 3. The molecule has 0 atom stereocenters. The van der Waals surface area contributed by atoms with Gasteiger partial charge >= 0.3 is 18.5 Å². The molecule has 0 saturated heterocycles. The number of carbonyl (C=O) groups excluding carboxylic acids is 1. The summed E-state index contributed by atoms with van der Waals surface area (Å²) in [4.78, 5) is 16.5. The van der Waals surface area contributed by atoms with Crippen molar-refractivity contribution in [1.29, 1.82) is 0 Å². The summed E-state index contributed by atoms with van der Waals surface area (Å²) >= 11 is 0. The van der Waals surface area contributed by atoms with Crippen LogP contribution in [0, 0.1) is 0 Å². The third kappa shape index (κ3) is 7.86. The summed E-state index contributed by atoms with van der Waals surface area (Å²) < 4.78 is 119. The van der Waals surface area contributed by atoms with E-state index in [4.69, 9.17) is 11.6 Å². The van der Waals surface area contributed by atoms with E-state index in [9.17, 15) is 44.3 Å². The van der Waals surface area contributed by atoms with Gasteiger partial charge in [-0.05, 0) is 29.8 Å². The summed E-state index contributed by atoms with van der Waals surface area (Å²) in [5, 5.41) is 6.45. The average molecular weight is 545 g/mol. The number of nitrogens with zero attached hydrogens (tertiary/aromatic N) is 4. The minimum atomic E-state index is -5.14. The Morgan fingerprint density at radius 3 is 1.86 bits per heavy atom. The standard InChI is InChI=1S/C20H20F9N7O/c1-32-16(37)15-11(5-14(7-33-15)20(27,28)29)9-36(17(30)34-35(2)31)8-10-3-12(18(21,22)23)6-13(4-10)19(24,25)26/h3-7H,8-9,31H2,1-2H3,(H2,30,34)(H,32,37). The molecule has 1 amide bonds. The van der Waals surface area contributed by atoms with E-state index in [-0.39, 0.29) is 6.07 Å². The third-order valence-electron chi connectivity index (χ3n) is 4.70. The molecule has 204 valence electrons. The Kier molecular flexibility index (Phi) is 8.52. The molecular formula is C20H20F9N7O. The first kappa shape index (κ1) is 29.5. The minimum absolute atomic E-state index is 0.0840. The van der Waals surface area contributed by atoms with E-state index in [1.165, 1.54) is 14.1 Å². The number of nitrogens with two attached hydrogens (primary N) is 2. The monoisotopic (exact) mass is 545 g/mol. The van der Waals surface area contributed by atoms with Crippen molar-refractivity contribution in [2.45, 2.75) is 31.6 Å². The first-order chi connectivity index (χ1) is 16.8. The van der Waals surface area contributed by atoms with Crippen molar-refractivity contribution in [1.82, 2.24) is 20.3 Å². The minimum Gasteiger partial charge on any atom is -0.368 e. The van der Waals surface area contributed by atoms with Gasteiger partial charge in [0.15, 0.2) is 0 Å². The predicted octanol–water partition coefficient (Wildman–Crippen LogP) is 3.54. The number of guanidine groups is 1. The van der Waals surface area contributed by atoms with Crippen LogP contribution in [0.3, 0.4) is 0 Å². The lowest BCUT2D eigenvalue weighted by atomic mass is 10.0. The predicted molar refractivity (Wildman–Crippen MR) is 112 cm³/mol. The van der Waals surface area contributed by atoms with Gasteiger partial charge in [-0.3, -0.25) is 9.78 Å². The van der Waals surface area contributed by atoms with E-state index < -0.39 is 77.0 Å². The molecule has 17 heteroatoms. The van der Waals surface area contributed by atoms with Crippen molar-refractivity contribution in [2.75, 3.05) is 14.1 Å². The lowest BCUT2D eigenvalue weighted by molar-refractivity contribution is -0.143. The Bertz CT molecular complexity index is 1130. The van der Waals surface area contributed by atoms with Crippen LogP contribution in [0.4, 0.5) is 39.5 Å². The third-order valence-corrected chi connectivity index (χ3v) is 4.70. The first-order valence-electron chi connectivity index (χ1n) is 9.97. The number of alkyl halides is 9. The number of rotatable bonds is 6. The van der Waals surface area contributed by atoms with Gasteiger partial charge in [0.25, 0.3) is 5.91 Å². The summed E-state index contributed by atoms with van der Waals surface area (Å²) in [6.45, 7) is -1.51. The number of nitrogens with one attached hydrogen (secondary N) is 1. The van der Waals surface area contributed by atoms with Gasteiger partial charge in [0.2, 0.25) is 5.96 Å². The molecule has 0 aliphatic heterocycles. The average Bonchev–Trinajstić information content (AvgIpc) is 2.75. The zero-order valence-corrected chi connectivity index (χ0v) is 19.1. The fraction of sp³-hybridized carbons (Fsp3) is 0.350. The summed E-state index contributed by atoms with van der Waals surface area (Å²) in [6.07, 6.45) is -14.8. The molecule has 5 N–H and O–H groups in total. The SMILES string of the molecule is CNC(=O)c1ncc(C(F)(F)F)cc1CN(Cc1cc(C(F)(F)F)cc(C(F)(F)F)c1)/C(N)=N/N(C)N. The van der Waals surface area contributed by atoms with E-state index in [1.807, 2.05) is 0 Å². The zero-order chi connectivity index (χ0) is 28.3. The number of aromatic nitrogens is 1. The number of halogens is 9. The highest BCUT2D eigenvalue weighted by Gasteiger charge is 2.37. The number of hydrazone groups is 1. The molecule has 0 spiro atoms. The number of benzene rings is 1. The highest BCUT2D eigenvalue weighted by molar-refractivity contribution is 5.93. The lowest BCUT2D eigenvalue weighted by Gasteiger charge is -2.26. The van der Waals surface area contributed by atoms with E-state index in [0.29, 0.717) is 29.5 Å². The molecule has 0 aliphatic carbocycles. The highest BCUT2D eigenvalue weighted by Crippen LogP contribution is 2.37. The van der Waals surface area contributed by atoms with Crippen molar-refractivity contribution in [3.05, 3.63) is 64.0 Å². The molecule has 1 heterocycles. The molecule has 2 aromatic rings. The van der Waals surface area contributed by atoms with Gasteiger partial charge in [-0.1, -0.05) is 0 Å². The molecule has 37 heavy (non-hydrogen) atoms. The second-order valence-electron chi connectivity index (χ2n) is 7.61. The lowest BCUT2D eigenvalue weighted by Crippen LogP contribution is -2.40. The number of hydrazine groups is 1. The largest absolute Gasteiger partial charge is 0.417 e. The topological polar surface area (TPSA) is 113 Å². The fourth-order valence-corrected chi connectivity index (χ4v) is 3.09. The van der Waals surface area contributed by atoms with E-state index in [1.54, 1.807) is 0 Å². The summed E-state index contributed by atoms with van der Waals surface area (Å²) in [5.41, 5.74) is -0.122. The van der Waals surface area contributed by atoms with Crippen LogP contribution in [0.25, 0.3) is 0 Å². The van der Waals surface area contributed by atoms with Crippen LogP contribution >= 0.6 is 0 Å². The molecule has 8 nitrogen and oxygen atoms in total. The van der Waals surface area contributed by atoms with Gasteiger partial charge in [0.05, 0.1) is 16.7 Å². The van der Waals surface area contributed by atoms with Gasteiger partial charge in [-0.15, -0.1) is 5.10 Å². The van der Waals surface area contributed by atoms with E-state index in [2.05, 4.69) is 15.4 Å². The van der Waals surface area contributed by atoms with Crippen LogP contribution in [0.15, 0.2) is 35.6 Å². The molecular weight excluding hydrogens is 525 g/mol. The smallest absolute Gasteiger partial charge is 0.368 e. The fourth-order valence-electron chi connectivity index (χ4n) is 3.09. The molecule has 2 rings (SSSR count). The Hall–Kier alpha value is -3.76. The molecule has 0 bridgehead atoms. The molecule has 1 aromatic heterocycles. The molecule has 0 unspecified atom stereocenters. The van der Waals surface area contributed by atoms with Gasteiger partial charge in [-0.2, -0.15) is 39.5 Å². The van der Waals surface area contributed by atoms with Crippen LogP contribution in [0.2, 0.25) is 0 Å². The molecule has 0 fully saturated rings. The van der Waals surface area contributed by atoms with Crippen LogP contribution in [-0.2, 0) is 31.6 Å². The van der Waals surface area contributed by atoms with E-state index in [0.717, 1.165) is 4.90 Å². The Labute approximate surface area is 203 Å². The Morgan fingerprint density at radius 1 is 0.919 bits per heavy atom. The van der Waals surface area contributed by atoms with Gasteiger partial charge in [0.1, 0.15) is 5.69 Å². The quantitative estimate of drug-likeness (QED) is 0.168. The number of pyridine rings is 1. The van der Waals surface area contributed by atoms with Crippen molar-refractivity contribution >= 4 is 11.9 Å². The molecule has 0 radical (unpaired) electrons. The summed E-state index contributed by atoms with van der Waals surface area (Å²) in [6, 6.07) is 1.31.